The van der Waals surface area contributed by atoms with Crippen molar-refractivity contribution in [1.29, 1.82) is 0 Å². The smallest absolute Gasteiger partial charge is 0.243 e. The molecular weight excluding hydrogens is 598 g/mol. The molecule has 0 aliphatic heterocycles. The third kappa shape index (κ3) is 15.3. The lowest BCUT2D eigenvalue weighted by atomic mass is 10.0. The van der Waals surface area contributed by atoms with Crippen LogP contribution < -0.4 is 49.9 Å². The average Bonchev–Trinajstić information content (AvgIpc) is 3.01. The number of primary amides is 1. The number of nitrogens with one attached hydrogen (secondary N) is 4. The number of guanidine groups is 1. The molecule has 4 unspecified atom stereocenters. The maximum atomic E-state index is 13.7. The molecule has 0 saturated heterocycles. The number of amides is 4. The minimum absolute atomic E-state index is 0.0117. The highest BCUT2D eigenvalue weighted by atomic mass is 32.1. The van der Waals surface area contributed by atoms with Crippen molar-refractivity contribution in [1.82, 2.24) is 26.2 Å². The van der Waals surface area contributed by atoms with Crippen molar-refractivity contribution in [3.05, 3.63) is 47.8 Å². The molecule has 0 saturated carbocycles. The van der Waals surface area contributed by atoms with E-state index in [0.29, 0.717) is 31.5 Å². The Bertz CT molecular complexity index is 1160. The van der Waals surface area contributed by atoms with Crippen molar-refractivity contribution in [2.75, 3.05) is 27.2 Å². The Hall–Kier alpha value is -4.28. The molecule has 0 aliphatic rings. The van der Waals surface area contributed by atoms with E-state index < -0.39 is 47.8 Å². The van der Waals surface area contributed by atoms with Crippen molar-refractivity contribution in [2.24, 2.45) is 33.7 Å². The van der Waals surface area contributed by atoms with E-state index >= 15 is 0 Å². The highest BCUT2D eigenvalue weighted by molar-refractivity contribution is 7.78. The summed E-state index contributed by atoms with van der Waals surface area (Å²) in [6, 6.07) is 4.94. The number of carbonyl (C=O) groups is 4. The van der Waals surface area contributed by atoms with Crippen LogP contribution >= 0.6 is 12.2 Å². The summed E-state index contributed by atoms with van der Waals surface area (Å²) >= 11 is 5.06. The van der Waals surface area contributed by atoms with Gasteiger partial charge in [-0.05, 0) is 44.2 Å². The van der Waals surface area contributed by atoms with Crippen molar-refractivity contribution in [3.8, 4) is 0 Å². The fraction of sp³-hybridized carbons (Fsp3) is 0.517. The summed E-state index contributed by atoms with van der Waals surface area (Å²) in [7, 11) is 3.38. The number of nitrogens with zero attached hydrogens (tertiary/aromatic N) is 2. The second-order valence-corrected chi connectivity index (χ2v) is 10.7. The van der Waals surface area contributed by atoms with Crippen molar-refractivity contribution in [2.45, 2.75) is 69.1 Å². The lowest BCUT2D eigenvalue weighted by Crippen LogP contribution is -2.58. The van der Waals surface area contributed by atoms with Gasteiger partial charge in [-0.2, -0.15) is 0 Å². The average molecular weight is 648 g/mol. The van der Waals surface area contributed by atoms with Crippen LogP contribution in [0, 0.1) is 0 Å². The van der Waals surface area contributed by atoms with Crippen LogP contribution in [-0.2, 0) is 25.6 Å². The number of benzene rings is 1. The van der Waals surface area contributed by atoms with Crippen LogP contribution in [0.3, 0.4) is 0 Å². The Morgan fingerprint density at radius 3 is 2.11 bits per heavy atom. The van der Waals surface area contributed by atoms with E-state index in [1.54, 1.807) is 25.2 Å². The predicted molar refractivity (Wildman–Crippen MR) is 179 cm³/mol. The monoisotopic (exact) mass is 647 g/mol. The van der Waals surface area contributed by atoms with Gasteiger partial charge in [0.05, 0.1) is 11.5 Å². The van der Waals surface area contributed by atoms with E-state index in [4.69, 9.17) is 40.9 Å². The zero-order valence-electron chi connectivity index (χ0n) is 26.0. The molecule has 4 atom stereocenters. The number of nitrogens with two attached hydrogens (primary N) is 5. The molecule has 14 N–H and O–H groups in total. The van der Waals surface area contributed by atoms with Gasteiger partial charge in [-0.3, -0.25) is 24.2 Å². The van der Waals surface area contributed by atoms with Gasteiger partial charge < -0.3 is 54.8 Å². The number of carbonyl (C=O) groups excluding carboxylic acids is 4. The molecule has 1 rings (SSSR count). The first-order valence-corrected chi connectivity index (χ1v) is 15.2. The van der Waals surface area contributed by atoms with Gasteiger partial charge in [-0.25, -0.2) is 0 Å². The number of hydrogen-bond acceptors (Lipinski definition) is 9. The van der Waals surface area contributed by atoms with Gasteiger partial charge in [0, 0.05) is 45.4 Å². The molecule has 0 fully saturated rings. The molecule has 16 heteroatoms. The van der Waals surface area contributed by atoms with Gasteiger partial charge in [0.15, 0.2) is 5.96 Å². The Kier molecular flexibility index (Phi) is 18.4. The molecule has 1 aromatic carbocycles. The molecule has 45 heavy (non-hydrogen) atoms. The molecule has 0 aromatic heterocycles. The lowest BCUT2D eigenvalue weighted by Gasteiger charge is -2.27. The Morgan fingerprint density at radius 2 is 1.53 bits per heavy atom. The van der Waals surface area contributed by atoms with Gasteiger partial charge in [0.1, 0.15) is 18.1 Å². The van der Waals surface area contributed by atoms with Crippen LogP contribution in [-0.4, -0.2) is 91.3 Å². The third-order valence-electron chi connectivity index (χ3n) is 6.80. The van der Waals surface area contributed by atoms with E-state index in [0.717, 1.165) is 5.56 Å². The van der Waals surface area contributed by atoms with Crippen molar-refractivity contribution >= 4 is 47.3 Å². The second-order valence-electron chi connectivity index (χ2n) is 10.5. The second kappa shape index (κ2) is 21.4. The van der Waals surface area contributed by atoms with Crippen LogP contribution in [0.2, 0.25) is 0 Å². The maximum absolute atomic E-state index is 13.7. The topological polar surface area (TPSA) is 262 Å². The Morgan fingerprint density at radius 1 is 0.911 bits per heavy atom. The molecule has 0 radical (unpaired) electrons. The first-order valence-electron chi connectivity index (χ1n) is 14.7. The van der Waals surface area contributed by atoms with Gasteiger partial charge in [0.25, 0.3) is 0 Å². The number of hydrogen-bond donors (Lipinski definition) is 9. The first kappa shape index (κ1) is 38.7. The van der Waals surface area contributed by atoms with Crippen LogP contribution in [0.15, 0.2) is 47.2 Å². The summed E-state index contributed by atoms with van der Waals surface area (Å²) in [5.41, 5.74) is 30.8. The zero-order valence-corrected chi connectivity index (χ0v) is 26.9. The van der Waals surface area contributed by atoms with E-state index in [2.05, 4.69) is 26.3 Å². The van der Waals surface area contributed by atoms with E-state index in [1.165, 1.54) is 5.49 Å². The molecule has 0 bridgehead atoms. The van der Waals surface area contributed by atoms with E-state index in [1.807, 2.05) is 30.3 Å². The predicted octanol–water partition coefficient (Wildman–Crippen LogP) is -1.98. The molecule has 1 aromatic rings. The first-order chi connectivity index (χ1) is 21.4. The zero-order chi connectivity index (χ0) is 33.8. The SMILES string of the molecule is CN/C=C(/CC(NC(=O)C(N)CCCN=C(N)N)C(=O)NC(CCCCN)C(=O)NC(Cc1ccccc1)C(N)=O)N(C)C=S. The minimum atomic E-state index is -1.14. The van der Waals surface area contributed by atoms with Crippen molar-refractivity contribution in [3.63, 3.8) is 0 Å². The number of aliphatic imine (C=N–C) groups is 1. The van der Waals surface area contributed by atoms with Crippen LogP contribution in [0.25, 0.3) is 0 Å². The highest BCUT2D eigenvalue weighted by Crippen LogP contribution is 2.12. The molecule has 0 spiro atoms. The maximum Gasteiger partial charge on any atom is 0.243 e. The lowest BCUT2D eigenvalue weighted by molar-refractivity contribution is -0.133. The van der Waals surface area contributed by atoms with Crippen LogP contribution in [0.1, 0.15) is 44.1 Å². The molecule has 0 aliphatic carbocycles. The fourth-order valence-electron chi connectivity index (χ4n) is 4.27. The standard InChI is InChI=1S/C29H49N11O4S/c1-35-17-20(40(2)18-45)16-24(39-26(42)21(31)11-8-14-36-29(33)34)28(44)37-22(12-6-7-13-30)27(43)38-23(25(32)41)15-19-9-4-3-5-10-19/h3-5,9-10,17-18,21-24,35H,6-8,11-16,30-31H2,1-2H3,(H2,32,41)(H,37,44)(H,38,43)(H,39,42)(H4,33,34,36)/b20-17-. The van der Waals surface area contributed by atoms with Gasteiger partial charge >= 0.3 is 0 Å². The fourth-order valence-corrected chi connectivity index (χ4v) is 4.40. The summed E-state index contributed by atoms with van der Waals surface area (Å²) in [5, 5.41) is 11.0. The minimum Gasteiger partial charge on any atom is -0.393 e. The Balaban J connectivity index is 3.21. The van der Waals surface area contributed by atoms with Gasteiger partial charge in [0.2, 0.25) is 23.6 Å². The quantitative estimate of drug-likeness (QED) is 0.0288. The Labute approximate surface area is 270 Å². The molecule has 250 valence electrons. The summed E-state index contributed by atoms with van der Waals surface area (Å²) in [5.74, 6) is -2.59. The van der Waals surface area contributed by atoms with E-state index in [9.17, 15) is 19.2 Å². The molecule has 4 amide bonds. The van der Waals surface area contributed by atoms with Crippen LogP contribution in [0.5, 0.6) is 0 Å². The summed E-state index contributed by atoms with van der Waals surface area (Å²) in [6.45, 7) is 0.681. The summed E-state index contributed by atoms with van der Waals surface area (Å²) in [6.07, 6.45) is 3.88. The number of thiocarbonyl (C=S) groups is 1. The highest BCUT2D eigenvalue weighted by Gasteiger charge is 2.31. The number of unbranched alkanes of at least 4 members (excludes halogenated alkanes) is 1. The van der Waals surface area contributed by atoms with Crippen molar-refractivity contribution < 1.29 is 19.2 Å². The van der Waals surface area contributed by atoms with Gasteiger partial charge in [-0.1, -0.05) is 42.5 Å². The summed E-state index contributed by atoms with van der Waals surface area (Å²) < 4.78 is 0. The van der Waals surface area contributed by atoms with Gasteiger partial charge in [-0.15, -0.1) is 0 Å². The number of rotatable bonds is 22. The van der Waals surface area contributed by atoms with E-state index in [-0.39, 0.29) is 38.2 Å². The van der Waals surface area contributed by atoms with Crippen LogP contribution in [0.4, 0.5) is 0 Å². The molecule has 15 nitrogen and oxygen atoms in total. The molecule has 0 heterocycles. The molecular formula is C29H49N11O4S. The normalized spacial score (nSPS) is 13.7. The third-order valence-corrected chi connectivity index (χ3v) is 7.11. The largest absolute Gasteiger partial charge is 0.393 e. The summed E-state index contributed by atoms with van der Waals surface area (Å²) in [4.78, 5) is 58.0.